The van der Waals surface area contributed by atoms with Crippen LogP contribution in [0.3, 0.4) is 0 Å². The molecule has 4 nitrogen and oxygen atoms in total. The first-order valence-corrected chi connectivity index (χ1v) is 6.64. The van der Waals surface area contributed by atoms with Crippen molar-refractivity contribution in [3.05, 3.63) is 0 Å². The lowest BCUT2D eigenvalue weighted by atomic mass is 10.3. The molecule has 4 heteroatoms. The first-order chi connectivity index (χ1) is 8.02. The van der Waals surface area contributed by atoms with Crippen LogP contribution in [0.5, 0.6) is 0 Å². The summed E-state index contributed by atoms with van der Waals surface area (Å²) in [4.78, 5) is 11.2. The van der Waals surface area contributed by atoms with Crippen molar-refractivity contribution < 1.29 is 0 Å². The molecule has 0 rings (SSSR count). The average molecular weight is 242 g/mol. The molecule has 0 fully saturated rings. The van der Waals surface area contributed by atoms with Crippen LogP contribution < -0.4 is 0 Å². The number of rotatable bonds is 7. The summed E-state index contributed by atoms with van der Waals surface area (Å²) in [6, 6.07) is 0. The minimum atomic E-state index is 0.924. The van der Waals surface area contributed by atoms with E-state index in [-0.39, 0.29) is 0 Å². The number of guanidine groups is 1. The van der Waals surface area contributed by atoms with Gasteiger partial charge in [-0.25, -0.2) is 0 Å². The van der Waals surface area contributed by atoms with Crippen LogP contribution in [0.1, 0.15) is 26.7 Å². The van der Waals surface area contributed by atoms with Crippen LogP contribution in [0, 0.1) is 0 Å². The highest BCUT2D eigenvalue weighted by Gasteiger charge is 2.03. The summed E-state index contributed by atoms with van der Waals surface area (Å²) in [5.74, 6) is 1.05. The normalized spacial score (nSPS) is 10.5. The molecule has 102 valence electrons. The molecule has 0 radical (unpaired) electrons. The molecule has 0 saturated heterocycles. The zero-order valence-electron chi connectivity index (χ0n) is 12.5. The standard InChI is InChI=1S/C13H30N4/c1-7-17(8-2)12-10-9-11-14-13(15(3)4)16(5)6/h7-12H2,1-6H3. The van der Waals surface area contributed by atoms with Gasteiger partial charge in [0.15, 0.2) is 5.96 Å². The van der Waals surface area contributed by atoms with Gasteiger partial charge in [0, 0.05) is 34.7 Å². The van der Waals surface area contributed by atoms with Gasteiger partial charge in [-0.3, -0.25) is 4.99 Å². The summed E-state index contributed by atoms with van der Waals surface area (Å²) in [6.45, 7) is 8.87. The second kappa shape index (κ2) is 9.28. The molecule has 0 aromatic rings. The lowest BCUT2D eigenvalue weighted by Gasteiger charge is -2.22. The Morgan fingerprint density at radius 1 is 0.882 bits per heavy atom. The van der Waals surface area contributed by atoms with E-state index >= 15 is 0 Å². The first kappa shape index (κ1) is 16.2. The van der Waals surface area contributed by atoms with E-state index in [0.29, 0.717) is 0 Å². The Morgan fingerprint density at radius 2 is 1.41 bits per heavy atom. The molecule has 0 saturated carbocycles. The Bertz CT molecular complexity index is 197. The molecule has 0 aromatic carbocycles. The Labute approximate surface area is 107 Å². The molecule has 0 heterocycles. The van der Waals surface area contributed by atoms with Gasteiger partial charge in [-0.15, -0.1) is 0 Å². The first-order valence-electron chi connectivity index (χ1n) is 6.64. The van der Waals surface area contributed by atoms with Crippen molar-refractivity contribution in [1.29, 1.82) is 0 Å². The van der Waals surface area contributed by atoms with E-state index in [9.17, 15) is 0 Å². The second-order valence-electron chi connectivity index (χ2n) is 4.70. The fraction of sp³-hybridized carbons (Fsp3) is 0.923. The van der Waals surface area contributed by atoms with Crippen molar-refractivity contribution in [2.24, 2.45) is 4.99 Å². The predicted molar refractivity (Wildman–Crippen MR) is 76.7 cm³/mol. The molecule has 0 aromatic heterocycles. The Hall–Kier alpha value is -0.770. The molecule has 0 N–H and O–H groups in total. The van der Waals surface area contributed by atoms with Gasteiger partial charge in [0.1, 0.15) is 0 Å². The second-order valence-corrected chi connectivity index (χ2v) is 4.70. The molecule has 0 aliphatic carbocycles. The van der Waals surface area contributed by atoms with Gasteiger partial charge in [-0.1, -0.05) is 13.8 Å². The Balaban J connectivity index is 3.84. The zero-order chi connectivity index (χ0) is 13.3. The highest BCUT2D eigenvalue weighted by Crippen LogP contribution is 1.97. The molecule has 17 heavy (non-hydrogen) atoms. The summed E-state index contributed by atoms with van der Waals surface area (Å²) in [5.41, 5.74) is 0. The molecule has 0 amide bonds. The summed E-state index contributed by atoms with van der Waals surface area (Å²) < 4.78 is 0. The number of unbranched alkanes of at least 4 members (excludes halogenated alkanes) is 1. The molecular formula is C13H30N4. The Kier molecular flexibility index (Phi) is 8.86. The molecule has 0 aliphatic rings. The smallest absolute Gasteiger partial charge is 0.195 e. The van der Waals surface area contributed by atoms with E-state index < -0.39 is 0 Å². The van der Waals surface area contributed by atoms with E-state index in [4.69, 9.17) is 0 Å². The van der Waals surface area contributed by atoms with E-state index in [2.05, 4.69) is 33.5 Å². The van der Waals surface area contributed by atoms with Crippen molar-refractivity contribution in [2.75, 3.05) is 54.4 Å². The molecule has 0 bridgehead atoms. The van der Waals surface area contributed by atoms with Crippen molar-refractivity contribution in [2.45, 2.75) is 26.7 Å². The SMILES string of the molecule is CCN(CC)CCCCN=C(N(C)C)N(C)C. The highest BCUT2D eigenvalue weighted by atomic mass is 15.3. The molecular weight excluding hydrogens is 212 g/mol. The van der Waals surface area contributed by atoms with Crippen LogP contribution in [0.2, 0.25) is 0 Å². The van der Waals surface area contributed by atoms with Crippen molar-refractivity contribution >= 4 is 5.96 Å². The van der Waals surface area contributed by atoms with Crippen molar-refractivity contribution in [3.63, 3.8) is 0 Å². The summed E-state index contributed by atoms with van der Waals surface area (Å²) >= 11 is 0. The maximum absolute atomic E-state index is 4.62. The van der Waals surface area contributed by atoms with Crippen LogP contribution >= 0.6 is 0 Å². The average Bonchev–Trinajstić information content (AvgIpc) is 2.27. The summed E-state index contributed by atoms with van der Waals surface area (Å²) in [5, 5.41) is 0. The van der Waals surface area contributed by atoms with Gasteiger partial charge in [-0.2, -0.15) is 0 Å². The number of aliphatic imine (C=N–C) groups is 1. The fourth-order valence-electron chi connectivity index (χ4n) is 1.85. The third-order valence-electron chi connectivity index (χ3n) is 2.83. The summed E-state index contributed by atoms with van der Waals surface area (Å²) in [6.07, 6.45) is 2.40. The van der Waals surface area contributed by atoms with Gasteiger partial charge in [-0.05, 0) is 32.5 Å². The number of nitrogens with zero attached hydrogens (tertiary/aromatic N) is 4. The van der Waals surface area contributed by atoms with Gasteiger partial charge < -0.3 is 14.7 Å². The highest BCUT2D eigenvalue weighted by molar-refractivity contribution is 5.79. The zero-order valence-corrected chi connectivity index (χ0v) is 12.5. The van der Waals surface area contributed by atoms with Crippen LogP contribution in [0.25, 0.3) is 0 Å². The third kappa shape index (κ3) is 7.21. The van der Waals surface area contributed by atoms with Gasteiger partial charge >= 0.3 is 0 Å². The van der Waals surface area contributed by atoms with E-state index in [1.54, 1.807) is 0 Å². The molecule has 0 atom stereocenters. The lowest BCUT2D eigenvalue weighted by molar-refractivity contribution is 0.297. The van der Waals surface area contributed by atoms with Crippen molar-refractivity contribution in [3.8, 4) is 0 Å². The third-order valence-corrected chi connectivity index (χ3v) is 2.83. The van der Waals surface area contributed by atoms with Crippen LogP contribution in [-0.4, -0.2) is 75.0 Å². The Morgan fingerprint density at radius 3 is 1.82 bits per heavy atom. The van der Waals surface area contributed by atoms with E-state index in [1.807, 2.05) is 28.2 Å². The van der Waals surface area contributed by atoms with E-state index in [0.717, 1.165) is 25.6 Å². The number of hydrogen-bond acceptors (Lipinski definition) is 2. The summed E-state index contributed by atoms with van der Waals surface area (Å²) in [7, 11) is 8.15. The topological polar surface area (TPSA) is 22.1 Å². The predicted octanol–water partition coefficient (Wildman–Crippen LogP) is 1.59. The monoisotopic (exact) mass is 242 g/mol. The van der Waals surface area contributed by atoms with Gasteiger partial charge in [0.2, 0.25) is 0 Å². The van der Waals surface area contributed by atoms with E-state index in [1.165, 1.54) is 19.4 Å². The minimum Gasteiger partial charge on any atom is -0.349 e. The molecule has 0 unspecified atom stereocenters. The molecule has 0 spiro atoms. The maximum atomic E-state index is 4.62. The van der Waals surface area contributed by atoms with Crippen LogP contribution in [0.15, 0.2) is 4.99 Å². The van der Waals surface area contributed by atoms with Gasteiger partial charge in [0.25, 0.3) is 0 Å². The van der Waals surface area contributed by atoms with Crippen LogP contribution in [-0.2, 0) is 0 Å². The van der Waals surface area contributed by atoms with Gasteiger partial charge in [0.05, 0.1) is 0 Å². The fourth-order valence-corrected chi connectivity index (χ4v) is 1.85. The maximum Gasteiger partial charge on any atom is 0.195 e. The minimum absolute atomic E-state index is 0.924. The molecule has 0 aliphatic heterocycles. The largest absolute Gasteiger partial charge is 0.349 e. The van der Waals surface area contributed by atoms with Crippen molar-refractivity contribution in [1.82, 2.24) is 14.7 Å². The lowest BCUT2D eigenvalue weighted by Crippen LogP contribution is -2.35. The quantitative estimate of drug-likeness (QED) is 0.384. The van der Waals surface area contributed by atoms with Crippen LogP contribution in [0.4, 0.5) is 0 Å². The number of hydrogen-bond donors (Lipinski definition) is 0.